The van der Waals surface area contributed by atoms with Crippen LogP contribution in [0.2, 0.25) is 0 Å². The molecule has 20 heavy (non-hydrogen) atoms. The van der Waals surface area contributed by atoms with Gasteiger partial charge >= 0.3 is 0 Å². The average Bonchev–Trinajstić information content (AvgIpc) is 2.43. The minimum atomic E-state index is -0.266. The maximum Gasteiger partial charge on any atom is 0.257 e. The van der Waals surface area contributed by atoms with Crippen molar-refractivity contribution in [3.05, 3.63) is 42.0 Å². The molecule has 0 saturated heterocycles. The zero-order valence-electron chi connectivity index (χ0n) is 11.7. The SMILES string of the molecule is CC(C)N(CCO)C(=O)c1cc2ccccc2cc1O. The Kier molecular flexibility index (Phi) is 4.25. The van der Waals surface area contributed by atoms with E-state index in [0.29, 0.717) is 0 Å². The highest BCUT2D eigenvalue weighted by Crippen LogP contribution is 2.26. The van der Waals surface area contributed by atoms with E-state index in [1.54, 1.807) is 17.0 Å². The van der Waals surface area contributed by atoms with E-state index < -0.39 is 0 Å². The predicted molar refractivity (Wildman–Crippen MR) is 78.9 cm³/mol. The number of hydrogen-bond acceptors (Lipinski definition) is 3. The second kappa shape index (κ2) is 5.92. The number of carbonyl (C=O) groups excluding carboxylic acids is 1. The zero-order valence-corrected chi connectivity index (χ0v) is 11.7. The lowest BCUT2D eigenvalue weighted by molar-refractivity contribution is 0.0662. The van der Waals surface area contributed by atoms with E-state index in [0.717, 1.165) is 10.8 Å². The van der Waals surface area contributed by atoms with Crippen LogP contribution in [0.3, 0.4) is 0 Å². The molecule has 0 aliphatic carbocycles. The fraction of sp³-hybridized carbons (Fsp3) is 0.312. The van der Waals surface area contributed by atoms with Gasteiger partial charge in [-0.1, -0.05) is 24.3 Å². The summed E-state index contributed by atoms with van der Waals surface area (Å²) in [5.74, 6) is -0.297. The third kappa shape index (κ3) is 2.75. The van der Waals surface area contributed by atoms with Crippen LogP contribution in [0.5, 0.6) is 5.75 Å². The number of benzene rings is 2. The normalized spacial score (nSPS) is 11.0. The topological polar surface area (TPSA) is 60.8 Å². The van der Waals surface area contributed by atoms with Gasteiger partial charge in [-0.2, -0.15) is 0 Å². The van der Waals surface area contributed by atoms with E-state index in [2.05, 4.69) is 0 Å². The van der Waals surface area contributed by atoms with E-state index in [4.69, 9.17) is 5.11 Å². The quantitative estimate of drug-likeness (QED) is 0.899. The second-order valence-electron chi connectivity index (χ2n) is 5.03. The molecular weight excluding hydrogens is 254 g/mol. The van der Waals surface area contributed by atoms with Crippen molar-refractivity contribution >= 4 is 16.7 Å². The van der Waals surface area contributed by atoms with Crippen molar-refractivity contribution in [2.75, 3.05) is 13.2 Å². The molecule has 2 rings (SSSR count). The third-order valence-corrected chi connectivity index (χ3v) is 3.32. The molecule has 0 unspecified atom stereocenters. The number of aliphatic hydroxyl groups excluding tert-OH is 1. The minimum Gasteiger partial charge on any atom is -0.507 e. The van der Waals surface area contributed by atoms with Crippen LogP contribution in [0.15, 0.2) is 36.4 Å². The summed E-state index contributed by atoms with van der Waals surface area (Å²) in [7, 11) is 0. The van der Waals surface area contributed by atoms with Crippen LogP contribution in [-0.2, 0) is 0 Å². The summed E-state index contributed by atoms with van der Waals surface area (Å²) < 4.78 is 0. The number of nitrogens with zero attached hydrogens (tertiary/aromatic N) is 1. The van der Waals surface area contributed by atoms with Crippen LogP contribution in [-0.4, -0.2) is 40.2 Å². The van der Waals surface area contributed by atoms with Gasteiger partial charge in [-0.05, 0) is 36.8 Å². The second-order valence-corrected chi connectivity index (χ2v) is 5.03. The van der Waals surface area contributed by atoms with Crippen molar-refractivity contribution in [1.82, 2.24) is 4.90 Å². The first-order chi connectivity index (χ1) is 9.54. The summed E-state index contributed by atoms with van der Waals surface area (Å²) in [6.45, 7) is 3.92. The van der Waals surface area contributed by atoms with E-state index in [1.165, 1.54) is 0 Å². The molecular formula is C16H19NO3. The molecule has 0 fully saturated rings. The van der Waals surface area contributed by atoms with Crippen molar-refractivity contribution in [2.45, 2.75) is 19.9 Å². The highest BCUT2D eigenvalue weighted by molar-refractivity contribution is 6.01. The monoisotopic (exact) mass is 273 g/mol. The lowest BCUT2D eigenvalue weighted by Crippen LogP contribution is -2.39. The van der Waals surface area contributed by atoms with Gasteiger partial charge in [0.25, 0.3) is 5.91 Å². The largest absolute Gasteiger partial charge is 0.507 e. The van der Waals surface area contributed by atoms with Crippen LogP contribution < -0.4 is 0 Å². The molecule has 0 aromatic heterocycles. The number of amides is 1. The van der Waals surface area contributed by atoms with Gasteiger partial charge in [-0.25, -0.2) is 0 Å². The number of fused-ring (bicyclic) bond motifs is 1. The van der Waals surface area contributed by atoms with Crippen molar-refractivity contribution in [2.24, 2.45) is 0 Å². The molecule has 106 valence electrons. The Labute approximate surface area is 118 Å². The molecule has 1 amide bonds. The zero-order chi connectivity index (χ0) is 14.7. The van der Waals surface area contributed by atoms with Gasteiger partial charge in [0, 0.05) is 12.6 Å². The van der Waals surface area contributed by atoms with Gasteiger partial charge in [0.2, 0.25) is 0 Å². The summed E-state index contributed by atoms with van der Waals surface area (Å²) in [5, 5.41) is 20.9. The first-order valence-electron chi connectivity index (χ1n) is 6.68. The molecule has 2 aromatic rings. The standard InChI is InChI=1S/C16H19NO3/c1-11(2)17(7-8-18)16(20)14-9-12-5-3-4-6-13(12)10-15(14)19/h3-6,9-11,18-19H,7-8H2,1-2H3. The molecule has 0 spiro atoms. The summed E-state index contributed by atoms with van der Waals surface area (Å²) in [6, 6.07) is 10.8. The Hall–Kier alpha value is -2.07. The molecule has 2 aromatic carbocycles. The Morgan fingerprint density at radius 3 is 2.35 bits per heavy atom. The molecule has 0 atom stereocenters. The summed E-state index contributed by atoms with van der Waals surface area (Å²) in [5.41, 5.74) is 0.269. The number of aromatic hydroxyl groups is 1. The van der Waals surface area contributed by atoms with Crippen LogP contribution in [0.4, 0.5) is 0 Å². The van der Waals surface area contributed by atoms with Crippen LogP contribution >= 0.6 is 0 Å². The molecule has 0 saturated carbocycles. The molecule has 0 aliphatic heterocycles. The maximum absolute atomic E-state index is 12.5. The van der Waals surface area contributed by atoms with Gasteiger partial charge < -0.3 is 15.1 Å². The number of carbonyl (C=O) groups is 1. The third-order valence-electron chi connectivity index (χ3n) is 3.32. The Balaban J connectivity index is 2.45. The van der Waals surface area contributed by atoms with Crippen LogP contribution in [0.25, 0.3) is 10.8 Å². The molecule has 0 radical (unpaired) electrons. The van der Waals surface area contributed by atoms with Crippen molar-refractivity contribution < 1.29 is 15.0 Å². The summed E-state index contributed by atoms with van der Waals surface area (Å²) in [4.78, 5) is 14.0. The molecule has 0 aliphatic rings. The fourth-order valence-corrected chi connectivity index (χ4v) is 2.26. The van der Waals surface area contributed by atoms with Gasteiger partial charge in [0.15, 0.2) is 0 Å². The van der Waals surface area contributed by atoms with Gasteiger partial charge in [0.05, 0.1) is 12.2 Å². The fourth-order valence-electron chi connectivity index (χ4n) is 2.26. The van der Waals surface area contributed by atoms with Crippen molar-refractivity contribution in [3.63, 3.8) is 0 Å². The highest BCUT2D eigenvalue weighted by Gasteiger charge is 2.21. The number of rotatable bonds is 4. The molecule has 4 nitrogen and oxygen atoms in total. The lowest BCUT2D eigenvalue weighted by Gasteiger charge is -2.26. The van der Waals surface area contributed by atoms with Gasteiger partial charge in [0.1, 0.15) is 5.75 Å². The van der Waals surface area contributed by atoms with Crippen molar-refractivity contribution in [3.8, 4) is 5.75 Å². The minimum absolute atomic E-state index is 0.0303. The Morgan fingerprint density at radius 2 is 1.80 bits per heavy atom. The maximum atomic E-state index is 12.5. The van der Waals surface area contributed by atoms with E-state index >= 15 is 0 Å². The molecule has 0 heterocycles. The van der Waals surface area contributed by atoms with Crippen LogP contribution in [0, 0.1) is 0 Å². The summed E-state index contributed by atoms with van der Waals surface area (Å²) in [6.07, 6.45) is 0. The van der Waals surface area contributed by atoms with Gasteiger partial charge in [-0.3, -0.25) is 4.79 Å². The Morgan fingerprint density at radius 1 is 1.20 bits per heavy atom. The first kappa shape index (κ1) is 14.3. The first-order valence-corrected chi connectivity index (χ1v) is 6.68. The van der Waals surface area contributed by atoms with E-state index in [1.807, 2.05) is 38.1 Å². The summed E-state index contributed by atoms with van der Waals surface area (Å²) >= 11 is 0. The molecule has 4 heteroatoms. The number of hydrogen-bond donors (Lipinski definition) is 2. The predicted octanol–water partition coefficient (Wildman–Crippen LogP) is 2.39. The number of aliphatic hydroxyl groups is 1. The number of phenols is 1. The van der Waals surface area contributed by atoms with Gasteiger partial charge in [-0.15, -0.1) is 0 Å². The van der Waals surface area contributed by atoms with Crippen LogP contribution in [0.1, 0.15) is 24.2 Å². The smallest absolute Gasteiger partial charge is 0.257 e. The van der Waals surface area contributed by atoms with E-state index in [-0.39, 0.29) is 36.4 Å². The molecule has 0 bridgehead atoms. The van der Waals surface area contributed by atoms with E-state index in [9.17, 15) is 9.90 Å². The molecule has 2 N–H and O–H groups in total. The number of phenolic OH excluding ortho intramolecular Hbond substituents is 1. The average molecular weight is 273 g/mol. The lowest BCUT2D eigenvalue weighted by atomic mass is 10.0. The highest BCUT2D eigenvalue weighted by atomic mass is 16.3. The van der Waals surface area contributed by atoms with Crippen molar-refractivity contribution in [1.29, 1.82) is 0 Å². The Bertz CT molecular complexity index is 622.